The highest BCUT2D eigenvalue weighted by atomic mass is 19.2. The van der Waals surface area contributed by atoms with E-state index in [0.29, 0.717) is 0 Å². The summed E-state index contributed by atoms with van der Waals surface area (Å²) in [4.78, 5) is 6.23. The molecule has 1 heterocycles. The largest absolute Gasteiger partial charge is 0.866 e. The lowest BCUT2D eigenvalue weighted by molar-refractivity contribution is 0.255. The normalized spacial score (nSPS) is 11.1. The number of fused-ring (bicyclic) bond motifs is 1. The van der Waals surface area contributed by atoms with E-state index in [1.165, 1.54) is 24.3 Å². The Morgan fingerprint density at radius 1 is 0.543 bits per heavy atom. The van der Waals surface area contributed by atoms with Gasteiger partial charge < -0.3 is 18.9 Å². The van der Waals surface area contributed by atoms with E-state index in [1.807, 2.05) is 0 Å². The zero-order chi connectivity index (χ0) is 25.6. The zero-order valence-electron chi connectivity index (χ0n) is 16.3. The van der Waals surface area contributed by atoms with Crippen LogP contribution in [-0.4, -0.2) is 17.3 Å². The average molecular weight is 510 g/mol. The van der Waals surface area contributed by atoms with Crippen molar-refractivity contribution in [2.45, 2.75) is 0 Å². The minimum absolute atomic E-state index is 0.189. The molecular formula is C19H5BF10N2O3. The summed E-state index contributed by atoms with van der Waals surface area (Å²) in [5, 5.41) is 0. The van der Waals surface area contributed by atoms with Gasteiger partial charge in [0.2, 0.25) is 58.2 Å². The predicted molar refractivity (Wildman–Crippen MR) is 96.2 cm³/mol. The summed E-state index contributed by atoms with van der Waals surface area (Å²) in [5.41, 5.74) is 0.447. The fourth-order valence-corrected chi connectivity index (χ4v) is 2.72. The van der Waals surface area contributed by atoms with E-state index in [-0.39, 0.29) is 11.0 Å². The fraction of sp³-hybridized carbons (Fsp3) is 0. The van der Waals surface area contributed by atoms with E-state index in [4.69, 9.17) is 4.65 Å². The van der Waals surface area contributed by atoms with E-state index in [2.05, 4.69) is 19.3 Å². The first kappa shape index (κ1) is 24.0. The number of imidazole rings is 1. The van der Waals surface area contributed by atoms with Crippen molar-refractivity contribution in [1.29, 1.82) is 0 Å². The van der Waals surface area contributed by atoms with Crippen LogP contribution in [-0.2, 0) is 0 Å². The Bertz CT molecular complexity index is 1300. The van der Waals surface area contributed by atoms with Crippen molar-refractivity contribution in [2.75, 3.05) is 0 Å². The van der Waals surface area contributed by atoms with E-state index in [0.717, 1.165) is 0 Å². The molecule has 0 atom stereocenters. The van der Waals surface area contributed by atoms with Gasteiger partial charge in [-0.1, -0.05) is 12.1 Å². The summed E-state index contributed by atoms with van der Waals surface area (Å²) in [6, 6.07) is 5.24. The van der Waals surface area contributed by atoms with E-state index in [1.54, 1.807) is 0 Å². The van der Waals surface area contributed by atoms with Crippen molar-refractivity contribution in [2.24, 2.45) is 0 Å². The van der Waals surface area contributed by atoms with Crippen LogP contribution in [0.2, 0.25) is 0 Å². The number of nitrogens with one attached hydrogen (secondary N) is 1. The smallest absolute Gasteiger partial charge is 0.484 e. The van der Waals surface area contributed by atoms with Gasteiger partial charge in [0.05, 0.1) is 11.0 Å². The van der Waals surface area contributed by atoms with Crippen molar-refractivity contribution in [3.63, 3.8) is 0 Å². The molecule has 4 rings (SSSR count). The second-order valence-corrected chi connectivity index (χ2v) is 6.50. The number of para-hydroxylation sites is 2. The van der Waals surface area contributed by atoms with Gasteiger partial charge >= 0.3 is 7.32 Å². The number of aromatic amines is 1. The van der Waals surface area contributed by atoms with Crippen molar-refractivity contribution in [1.82, 2.24) is 9.97 Å². The topological polar surface area (TPSA) is 56.4 Å². The highest BCUT2D eigenvalue weighted by molar-refractivity contribution is 6.39. The molecule has 16 heteroatoms. The monoisotopic (exact) mass is 510 g/mol. The summed E-state index contributed by atoms with van der Waals surface area (Å²) in [6.07, 6.45) is 0. The quantitative estimate of drug-likeness (QED) is 0.162. The van der Waals surface area contributed by atoms with Gasteiger partial charge in [-0.3, -0.25) is 0 Å². The Kier molecular flexibility index (Phi) is 6.13. The van der Waals surface area contributed by atoms with Gasteiger partial charge in [-0.15, -0.1) is 0 Å². The fourth-order valence-electron chi connectivity index (χ4n) is 2.72. The van der Waals surface area contributed by atoms with Gasteiger partial charge in [0.1, 0.15) is 0 Å². The second-order valence-electron chi connectivity index (χ2n) is 6.50. The van der Waals surface area contributed by atoms with Crippen LogP contribution < -0.4 is 14.0 Å². The third-order valence-electron chi connectivity index (χ3n) is 4.34. The van der Waals surface area contributed by atoms with Crippen molar-refractivity contribution >= 4 is 18.4 Å². The lowest BCUT2D eigenvalue weighted by Crippen LogP contribution is -2.39. The van der Waals surface area contributed by atoms with Gasteiger partial charge in [0, 0.05) is 0 Å². The van der Waals surface area contributed by atoms with Gasteiger partial charge in [-0.25, -0.2) is 26.3 Å². The molecule has 0 aliphatic heterocycles. The van der Waals surface area contributed by atoms with Gasteiger partial charge in [0.25, 0.3) is 6.01 Å². The number of hydrogen-bond acceptors (Lipinski definition) is 4. The molecule has 0 unspecified atom stereocenters. The number of benzene rings is 3. The maximum absolute atomic E-state index is 14.0. The molecule has 3 aromatic carbocycles. The standard InChI is InChI=1S/C19H5BF10N2O3/c21-7-9(23)13(27)17(14(28)10(7)24)33-20(35-19-31-5-3-1-2-4-6(5)32-19)34-18-15(29)11(25)8(22)12(26)16(18)30/h1-4H,(H,31,32). The highest BCUT2D eigenvalue weighted by Gasteiger charge is 2.40. The number of nitrogens with zero attached hydrogens (tertiary/aromatic N) is 1. The molecule has 0 saturated heterocycles. The number of rotatable bonds is 6. The van der Waals surface area contributed by atoms with Crippen LogP contribution in [0.4, 0.5) is 43.9 Å². The van der Waals surface area contributed by atoms with Crippen LogP contribution in [0.5, 0.6) is 17.5 Å². The van der Waals surface area contributed by atoms with Crippen molar-refractivity contribution < 1.29 is 57.9 Å². The summed E-state index contributed by atoms with van der Waals surface area (Å²) < 4.78 is 151. The van der Waals surface area contributed by atoms with Crippen LogP contribution >= 0.6 is 0 Å². The molecule has 0 aliphatic carbocycles. The molecule has 0 amide bonds. The molecule has 0 fully saturated rings. The molecule has 1 aromatic heterocycles. The molecule has 182 valence electrons. The van der Waals surface area contributed by atoms with Gasteiger partial charge in [0.15, 0.2) is 11.5 Å². The number of hydrogen-bond donors (Lipinski definition) is 1. The first-order valence-electron chi connectivity index (χ1n) is 8.98. The second kappa shape index (κ2) is 8.92. The van der Waals surface area contributed by atoms with Crippen LogP contribution in [0.15, 0.2) is 24.3 Å². The molecule has 0 saturated carbocycles. The van der Waals surface area contributed by atoms with E-state index < -0.39 is 83.0 Å². The van der Waals surface area contributed by atoms with E-state index in [9.17, 15) is 43.9 Å². The van der Waals surface area contributed by atoms with Crippen LogP contribution in [0.25, 0.3) is 11.0 Å². The summed E-state index contributed by atoms with van der Waals surface area (Å²) in [5.74, 6) is -29.4. The molecule has 5 nitrogen and oxygen atoms in total. The lowest BCUT2D eigenvalue weighted by Gasteiger charge is -2.17. The van der Waals surface area contributed by atoms with Crippen molar-refractivity contribution in [3.05, 3.63) is 82.4 Å². The molecule has 0 radical (unpaired) electrons. The van der Waals surface area contributed by atoms with Gasteiger partial charge in [-0.2, -0.15) is 22.5 Å². The van der Waals surface area contributed by atoms with Crippen LogP contribution in [0, 0.1) is 58.2 Å². The van der Waals surface area contributed by atoms with Gasteiger partial charge in [-0.05, 0) is 12.1 Å². The third kappa shape index (κ3) is 4.15. The van der Waals surface area contributed by atoms with Crippen LogP contribution in [0.1, 0.15) is 0 Å². The third-order valence-corrected chi connectivity index (χ3v) is 4.34. The van der Waals surface area contributed by atoms with Crippen LogP contribution in [0.3, 0.4) is 0 Å². The first-order chi connectivity index (χ1) is 16.5. The Labute approximate surface area is 187 Å². The lowest BCUT2D eigenvalue weighted by atomic mass is 10.1. The maximum atomic E-state index is 14.0. The van der Waals surface area contributed by atoms with Crippen molar-refractivity contribution in [3.8, 4) is 17.5 Å². The molecule has 0 bridgehead atoms. The SMILES string of the molecule is Fc1c(F)c(F)c(OB(Oc2nc3ccccc3[nH]2)Oc2c(F)c(F)c(F)c(F)c2F)c(F)c1F. The predicted octanol–water partition coefficient (Wildman–Crippen LogP) is 5.48. The molecule has 0 aliphatic rings. The number of aromatic nitrogens is 2. The number of H-pyrrole nitrogens is 1. The molecule has 0 spiro atoms. The summed E-state index contributed by atoms with van der Waals surface area (Å²) in [6.45, 7) is 0. The molecule has 1 N–H and O–H groups in total. The minimum Gasteiger partial charge on any atom is -0.484 e. The molecular weight excluding hydrogens is 505 g/mol. The number of halogens is 10. The summed E-state index contributed by atoms with van der Waals surface area (Å²) in [7, 11) is -2.91. The maximum Gasteiger partial charge on any atom is 0.866 e. The highest BCUT2D eigenvalue weighted by Crippen LogP contribution is 2.33. The first-order valence-corrected chi connectivity index (χ1v) is 8.98. The summed E-state index contributed by atoms with van der Waals surface area (Å²) >= 11 is 0. The Hall–Kier alpha value is -4.11. The zero-order valence-corrected chi connectivity index (χ0v) is 16.3. The Morgan fingerprint density at radius 2 is 0.943 bits per heavy atom. The van der Waals surface area contributed by atoms with E-state index >= 15 is 0 Å². The molecule has 35 heavy (non-hydrogen) atoms. The molecule has 4 aromatic rings. The minimum atomic E-state index is -2.91. The Balaban J connectivity index is 1.79. The Morgan fingerprint density at radius 3 is 1.37 bits per heavy atom. The average Bonchev–Trinajstić information content (AvgIpc) is 3.26.